The number of likely N-dealkylation sites (tertiary alicyclic amines) is 1. The summed E-state index contributed by atoms with van der Waals surface area (Å²) in [5, 5.41) is 9.60. The van der Waals surface area contributed by atoms with Crippen LogP contribution in [-0.2, 0) is 11.3 Å². The highest BCUT2D eigenvalue weighted by Gasteiger charge is 2.38. The van der Waals surface area contributed by atoms with Gasteiger partial charge in [-0.25, -0.2) is 5.43 Å². The summed E-state index contributed by atoms with van der Waals surface area (Å²) >= 11 is 0. The van der Waals surface area contributed by atoms with E-state index in [1.54, 1.807) is 12.4 Å². The monoisotopic (exact) mass is 342 g/mol. The molecule has 4 rings (SSSR count). The second-order valence-electron chi connectivity index (χ2n) is 6.74. The van der Waals surface area contributed by atoms with Gasteiger partial charge in [-0.3, -0.25) is 20.1 Å². The summed E-state index contributed by atoms with van der Waals surface area (Å²) in [6.45, 7) is 2.80. The van der Waals surface area contributed by atoms with Crippen molar-refractivity contribution in [3.8, 4) is 0 Å². The molecule has 7 nitrogen and oxygen atoms in total. The van der Waals surface area contributed by atoms with Gasteiger partial charge in [-0.15, -0.1) is 0 Å². The predicted molar refractivity (Wildman–Crippen MR) is 90.6 cm³/mol. The maximum atomic E-state index is 11.7. The first-order valence-electron chi connectivity index (χ1n) is 8.63. The van der Waals surface area contributed by atoms with Crippen LogP contribution in [0.25, 0.3) is 0 Å². The third kappa shape index (κ3) is 3.44. The number of rotatable bonds is 5. The van der Waals surface area contributed by atoms with Gasteiger partial charge in [0.05, 0.1) is 18.5 Å². The quantitative estimate of drug-likeness (QED) is 0.759. The van der Waals surface area contributed by atoms with Crippen molar-refractivity contribution in [1.29, 1.82) is 0 Å². The van der Waals surface area contributed by atoms with Crippen LogP contribution in [0.4, 0.5) is 0 Å². The SMILES string of the molecule is O=C(O)[C@@H]1CN(Cc2ccc(C3CCNN3)o2)C[C@H]1c1ccncc1. The van der Waals surface area contributed by atoms with Crippen molar-refractivity contribution >= 4 is 5.97 Å². The maximum Gasteiger partial charge on any atom is 0.308 e. The number of aromatic nitrogens is 1. The minimum absolute atomic E-state index is 0.0179. The lowest BCUT2D eigenvalue weighted by Crippen LogP contribution is -2.24. The summed E-state index contributed by atoms with van der Waals surface area (Å²) in [4.78, 5) is 17.9. The fourth-order valence-electron chi connectivity index (χ4n) is 3.80. The molecule has 25 heavy (non-hydrogen) atoms. The highest BCUT2D eigenvalue weighted by molar-refractivity contribution is 5.72. The number of carboxylic acid groups (broad SMARTS) is 1. The number of carboxylic acids is 1. The second kappa shape index (κ2) is 6.95. The predicted octanol–water partition coefficient (Wildman–Crippen LogP) is 1.51. The Morgan fingerprint density at radius 3 is 2.84 bits per heavy atom. The number of pyridine rings is 1. The van der Waals surface area contributed by atoms with Crippen LogP contribution in [0.15, 0.2) is 41.1 Å². The number of aliphatic carboxylic acids is 1. The molecule has 2 aromatic heterocycles. The first-order valence-corrected chi connectivity index (χ1v) is 8.63. The summed E-state index contributed by atoms with van der Waals surface area (Å²) in [5.41, 5.74) is 7.33. The molecular weight excluding hydrogens is 320 g/mol. The summed E-state index contributed by atoms with van der Waals surface area (Å²) in [7, 11) is 0. The van der Waals surface area contributed by atoms with E-state index in [1.807, 2.05) is 24.3 Å². The van der Waals surface area contributed by atoms with Gasteiger partial charge in [0.25, 0.3) is 0 Å². The Bertz CT molecular complexity index is 727. The fourth-order valence-corrected chi connectivity index (χ4v) is 3.80. The average molecular weight is 342 g/mol. The van der Waals surface area contributed by atoms with Gasteiger partial charge in [0.1, 0.15) is 11.5 Å². The van der Waals surface area contributed by atoms with Gasteiger partial charge in [-0.2, -0.15) is 0 Å². The lowest BCUT2D eigenvalue weighted by molar-refractivity contribution is -0.141. The van der Waals surface area contributed by atoms with Crippen LogP contribution in [0.5, 0.6) is 0 Å². The van der Waals surface area contributed by atoms with E-state index in [0.717, 1.165) is 30.0 Å². The Balaban J connectivity index is 1.45. The van der Waals surface area contributed by atoms with E-state index in [1.165, 1.54) is 0 Å². The molecule has 3 atom stereocenters. The van der Waals surface area contributed by atoms with Gasteiger partial charge in [0.2, 0.25) is 0 Å². The van der Waals surface area contributed by atoms with E-state index in [-0.39, 0.29) is 12.0 Å². The first kappa shape index (κ1) is 16.3. The largest absolute Gasteiger partial charge is 0.481 e. The molecule has 0 amide bonds. The molecule has 0 saturated carbocycles. The Morgan fingerprint density at radius 1 is 1.28 bits per heavy atom. The molecule has 2 saturated heterocycles. The molecule has 3 N–H and O–H groups in total. The van der Waals surface area contributed by atoms with Crippen molar-refractivity contribution in [1.82, 2.24) is 20.7 Å². The normalized spacial score (nSPS) is 27.0. The minimum atomic E-state index is -0.745. The van der Waals surface area contributed by atoms with E-state index in [4.69, 9.17) is 4.42 Å². The van der Waals surface area contributed by atoms with Crippen molar-refractivity contribution < 1.29 is 14.3 Å². The van der Waals surface area contributed by atoms with Gasteiger partial charge < -0.3 is 9.52 Å². The van der Waals surface area contributed by atoms with Crippen molar-refractivity contribution in [2.75, 3.05) is 19.6 Å². The van der Waals surface area contributed by atoms with E-state index < -0.39 is 11.9 Å². The van der Waals surface area contributed by atoms with E-state index in [0.29, 0.717) is 19.6 Å². The molecule has 4 heterocycles. The van der Waals surface area contributed by atoms with Gasteiger partial charge >= 0.3 is 5.97 Å². The smallest absolute Gasteiger partial charge is 0.308 e. The van der Waals surface area contributed by atoms with Crippen LogP contribution >= 0.6 is 0 Å². The molecule has 1 unspecified atom stereocenters. The van der Waals surface area contributed by atoms with Gasteiger partial charge in [-0.05, 0) is 36.2 Å². The van der Waals surface area contributed by atoms with Crippen LogP contribution in [0.3, 0.4) is 0 Å². The molecule has 2 aliphatic rings. The summed E-state index contributed by atoms with van der Waals surface area (Å²) in [6, 6.07) is 8.03. The number of hydrogen-bond acceptors (Lipinski definition) is 6. The van der Waals surface area contributed by atoms with Crippen molar-refractivity contribution in [3.63, 3.8) is 0 Å². The number of carbonyl (C=O) groups is 1. The van der Waals surface area contributed by atoms with Crippen LogP contribution in [0, 0.1) is 5.92 Å². The number of hydrogen-bond donors (Lipinski definition) is 3. The molecule has 2 aromatic rings. The zero-order valence-electron chi connectivity index (χ0n) is 13.9. The number of hydrazine groups is 1. The fraction of sp³-hybridized carbons (Fsp3) is 0.444. The van der Waals surface area contributed by atoms with Crippen molar-refractivity contribution in [2.24, 2.45) is 5.92 Å². The van der Waals surface area contributed by atoms with Gasteiger partial charge in [0.15, 0.2) is 0 Å². The zero-order valence-corrected chi connectivity index (χ0v) is 13.9. The van der Waals surface area contributed by atoms with Crippen LogP contribution in [0.1, 0.15) is 35.5 Å². The Kier molecular flexibility index (Phi) is 4.52. The Morgan fingerprint density at radius 2 is 2.12 bits per heavy atom. The highest BCUT2D eigenvalue weighted by Crippen LogP contribution is 2.34. The number of nitrogens with zero attached hydrogens (tertiary/aromatic N) is 2. The molecule has 132 valence electrons. The zero-order chi connectivity index (χ0) is 17.2. The van der Waals surface area contributed by atoms with E-state index in [9.17, 15) is 9.90 Å². The average Bonchev–Trinajstić information content (AvgIpc) is 3.36. The molecule has 0 aromatic carbocycles. The molecule has 0 spiro atoms. The molecule has 0 bridgehead atoms. The third-order valence-corrected chi connectivity index (χ3v) is 5.09. The first-order chi connectivity index (χ1) is 12.2. The molecule has 0 radical (unpaired) electrons. The van der Waals surface area contributed by atoms with Crippen LogP contribution in [-0.4, -0.2) is 40.6 Å². The minimum Gasteiger partial charge on any atom is -0.481 e. The highest BCUT2D eigenvalue weighted by atomic mass is 16.4. The van der Waals surface area contributed by atoms with Crippen LogP contribution in [0.2, 0.25) is 0 Å². The molecule has 2 fully saturated rings. The lowest BCUT2D eigenvalue weighted by atomic mass is 9.90. The van der Waals surface area contributed by atoms with Crippen LogP contribution < -0.4 is 10.9 Å². The van der Waals surface area contributed by atoms with Gasteiger partial charge in [-0.1, -0.05) is 0 Å². The van der Waals surface area contributed by atoms with E-state index >= 15 is 0 Å². The lowest BCUT2D eigenvalue weighted by Gasteiger charge is -2.15. The molecular formula is C18H22N4O3. The Hall–Kier alpha value is -2.22. The number of furan rings is 1. The molecule has 2 aliphatic heterocycles. The number of nitrogens with one attached hydrogen (secondary N) is 2. The standard InChI is InChI=1S/C18H22N4O3/c23-18(24)15-11-22(10-14(15)12-3-6-19-7-4-12)9-13-1-2-17(25-13)16-5-8-20-21-16/h1-4,6-7,14-16,20-21H,5,8-11H2,(H,23,24)/t14-,15+,16?/m0/s1. The topological polar surface area (TPSA) is 90.6 Å². The maximum absolute atomic E-state index is 11.7. The Labute approximate surface area is 146 Å². The van der Waals surface area contributed by atoms with E-state index in [2.05, 4.69) is 20.7 Å². The van der Waals surface area contributed by atoms with Crippen molar-refractivity contribution in [3.05, 3.63) is 53.7 Å². The van der Waals surface area contributed by atoms with Crippen molar-refractivity contribution in [2.45, 2.75) is 24.9 Å². The molecule has 7 heteroatoms. The second-order valence-corrected chi connectivity index (χ2v) is 6.74. The summed E-state index contributed by atoms with van der Waals surface area (Å²) in [6.07, 6.45) is 4.44. The summed E-state index contributed by atoms with van der Waals surface area (Å²) < 4.78 is 5.96. The molecule has 0 aliphatic carbocycles. The summed E-state index contributed by atoms with van der Waals surface area (Å²) in [5.74, 6) is 0.640. The van der Waals surface area contributed by atoms with Gasteiger partial charge in [0, 0.05) is 37.9 Å². The third-order valence-electron chi connectivity index (χ3n) is 5.09.